The van der Waals surface area contributed by atoms with Crippen LogP contribution in [0.5, 0.6) is 11.5 Å². The third-order valence-electron chi connectivity index (χ3n) is 7.01. The van der Waals surface area contributed by atoms with Gasteiger partial charge in [-0.1, -0.05) is 48.5 Å². The summed E-state index contributed by atoms with van der Waals surface area (Å²) >= 11 is 7.10. The van der Waals surface area contributed by atoms with Gasteiger partial charge in [0.15, 0.2) is 5.60 Å². The lowest BCUT2D eigenvalue weighted by molar-refractivity contribution is 0.0226. The van der Waals surface area contributed by atoms with E-state index in [0.29, 0.717) is 28.3 Å². The van der Waals surface area contributed by atoms with Crippen LogP contribution in [-0.2, 0) is 10.3 Å². The Kier molecular flexibility index (Phi) is 5.38. The zero-order chi connectivity index (χ0) is 24.9. The summed E-state index contributed by atoms with van der Waals surface area (Å²) in [5.41, 5.74) is 4.18. The number of carbonyl (C=O) groups is 1. The number of anilines is 3. The number of esters is 1. The van der Waals surface area contributed by atoms with E-state index in [4.69, 9.17) is 21.3 Å². The maximum atomic E-state index is 13.2. The number of hydrogen-bond acceptors (Lipinski definition) is 5. The molecular formula is C30H25ClN2O3. The smallest absolute Gasteiger partial charge is 0.340 e. The van der Waals surface area contributed by atoms with E-state index < -0.39 is 5.60 Å². The first kappa shape index (κ1) is 22.5. The summed E-state index contributed by atoms with van der Waals surface area (Å²) in [5, 5.41) is 0. The second kappa shape index (κ2) is 8.61. The van der Waals surface area contributed by atoms with E-state index in [1.165, 1.54) is 0 Å². The Morgan fingerprint density at radius 3 is 2.25 bits per heavy atom. The molecule has 2 aliphatic heterocycles. The van der Waals surface area contributed by atoms with Crippen LogP contribution in [0.2, 0.25) is 0 Å². The van der Waals surface area contributed by atoms with Gasteiger partial charge in [-0.25, -0.2) is 4.79 Å². The average Bonchev–Trinajstić information content (AvgIpc) is 3.21. The van der Waals surface area contributed by atoms with E-state index >= 15 is 0 Å². The van der Waals surface area contributed by atoms with E-state index in [2.05, 4.69) is 30.9 Å². The standard InChI is InChI=1S/C30H25ClN2O3/c1-3-32(4-2)20-11-9-12-21(19-20)33(31)25-16-10-18-27-28(25)30(24-15-7-8-17-26(24)35-27)23-14-6-5-13-22(23)29(34)36-30/h5-19H,3-4H2,1-2H3. The third kappa shape index (κ3) is 3.20. The molecule has 0 amide bonds. The predicted octanol–water partition coefficient (Wildman–Crippen LogP) is 7.39. The van der Waals surface area contributed by atoms with Crippen molar-refractivity contribution in [2.75, 3.05) is 22.4 Å². The maximum absolute atomic E-state index is 13.2. The van der Waals surface area contributed by atoms with Crippen LogP contribution in [0, 0.1) is 0 Å². The van der Waals surface area contributed by atoms with E-state index in [0.717, 1.165) is 35.6 Å². The van der Waals surface area contributed by atoms with Gasteiger partial charge >= 0.3 is 5.97 Å². The van der Waals surface area contributed by atoms with Gasteiger partial charge in [-0.3, -0.25) is 4.42 Å². The summed E-state index contributed by atoms with van der Waals surface area (Å²) in [6, 6.07) is 29.1. The van der Waals surface area contributed by atoms with Crippen molar-refractivity contribution in [2.45, 2.75) is 19.4 Å². The number of carbonyl (C=O) groups excluding carboxylic acids is 1. The highest BCUT2D eigenvalue weighted by Gasteiger charge is 2.55. The Bertz CT molecular complexity index is 1480. The molecule has 36 heavy (non-hydrogen) atoms. The lowest BCUT2D eigenvalue weighted by Gasteiger charge is -2.38. The van der Waals surface area contributed by atoms with Gasteiger partial charge in [-0.15, -0.1) is 0 Å². The Morgan fingerprint density at radius 1 is 0.778 bits per heavy atom. The highest BCUT2D eigenvalue weighted by molar-refractivity contribution is 6.30. The molecule has 2 aliphatic rings. The molecule has 0 saturated carbocycles. The number of halogens is 1. The molecule has 2 heterocycles. The first-order chi connectivity index (χ1) is 17.6. The van der Waals surface area contributed by atoms with E-state index in [1.807, 2.05) is 72.8 Å². The minimum atomic E-state index is -1.18. The number of para-hydroxylation sites is 1. The van der Waals surface area contributed by atoms with Gasteiger partial charge < -0.3 is 14.4 Å². The molecule has 0 bridgehead atoms. The number of fused-ring (bicyclic) bond motifs is 6. The van der Waals surface area contributed by atoms with Crippen molar-refractivity contribution in [3.63, 3.8) is 0 Å². The summed E-state index contributed by atoms with van der Waals surface area (Å²) in [6.45, 7) is 6.05. The normalized spacial score (nSPS) is 17.0. The fraction of sp³-hybridized carbons (Fsp3) is 0.167. The predicted molar refractivity (Wildman–Crippen MR) is 143 cm³/mol. The quantitative estimate of drug-likeness (QED) is 0.213. The molecule has 0 N–H and O–H groups in total. The Hall–Kier alpha value is -3.96. The van der Waals surface area contributed by atoms with Crippen LogP contribution in [0.3, 0.4) is 0 Å². The average molecular weight is 497 g/mol. The van der Waals surface area contributed by atoms with Gasteiger partial charge in [0, 0.05) is 41.7 Å². The fourth-order valence-corrected chi connectivity index (χ4v) is 5.61. The Morgan fingerprint density at radius 2 is 1.44 bits per heavy atom. The zero-order valence-electron chi connectivity index (χ0n) is 20.1. The summed E-state index contributed by atoms with van der Waals surface area (Å²) < 4.78 is 14.3. The first-order valence-corrected chi connectivity index (χ1v) is 12.5. The van der Waals surface area contributed by atoms with Crippen molar-refractivity contribution in [3.8, 4) is 11.5 Å². The molecule has 6 rings (SSSR count). The van der Waals surface area contributed by atoms with Gasteiger partial charge in [-0.05, 0) is 56.3 Å². The van der Waals surface area contributed by atoms with Crippen LogP contribution in [0.1, 0.15) is 40.9 Å². The van der Waals surface area contributed by atoms with Crippen molar-refractivity contribution in [1.29, 1.82) is 0 Å². The molecule has 4 aromatic rings. The number of benzene rings is 4. The summed E-state index contributed by atoms with van der Waals surface area (Å²) in [5.74, 6) is 0.880. The van der Waals surface area contributed by atoms with E-state index in [9.17, 15) is 4.79 Å². The van der Waals surface area contributed by atoms with E-state index in [1.54, 1.807) is 10.5 Å². The summed E-state index contributed by atoms with van der Waals surface area (Å²) in [7, 11) is 0. The lowest BCUT2D eigenvalue weighted by Crippen LogP contribution is -2.34. The zero-order valence-corrected chi connectivity index (χ0v) is 20.8. The van der Waals surface area contributed by atoms with Crippen molar-refractivity contribution in [1.82, 2.24) is 0 Å². The monoisotopic (exact) mass is 496 g/mol. The third-order valence-corrected chi connectivity index (χ3v) is 7.39. The summed E-state index contributed by atoms with van der Waals surface area (Å²) in [4.78, 5) is 15.4. The minimum absolute atomic E-state index is 0.368. The number of ether oxygens (including phenoxy) is 2. The second-order valence-electron chi connectivity index (χ2n) is 8.84. The molecular weight excluding hydrogens is 472 g/mol. The molecule has 180 valence electrons. The van der Waals surface area contributed by atoms with Gasteiger partial charge in [0.25, 0.3) is 0 Å². The van der Waals surface area contributed by atoms with Crippen molar-refractivity contribution in [3.05, 3.63) is 113 Å². The molecule has 4 aromatic carbocycles. The van der Waals surface area contributed by atoms with Gasteiger partial charge in [0.1, 0.15) is 11.5 Å². The molecule has 1 unspecified atom stereocenters. The van der Waals surface area contributed by atoms with E-state index in [-0.39, 0.29) is 5.97 Å². The SMILES string of the molecule is CCN(CC)c1cccc(N(Cl)c2cccc3c2C2(OC(=O)c4ccccc42)c2ccccc2O3)c1. The van der Waals surface area contributed by atoms with Crippen LogP contribution in [0.4, 0.5) is 17.1 Å². The molecule has 0 radical (unpaired) electrons. The van der Waals surface area contributed by atoms with Crippen LogP contribution < -0.4 is 14.1 Å². The lowest BCUT2D eigenvalue weighted by atomic mass is 9.77. The molecule has 0 fully saturated rings. The van der Waals surface area contributed by atoms with Gasteiger partial charge in [0.05, 0.1) is 22.5 Å². The molecule has 0 saturated heterocycles. The van der Waals surface area contributed by atoms with Crippen LogP contribution in [0.25, 0.3) is 0 Å². The van der Waals surface area contributed by atoms with Crippen LogP contribution >= 0.6 is 11.8 Å². The van der Waals surface area contributed by atoms with Crippen LogP contribution in [-0.4, -0.2) is 19.1 Å². The topological polar surface area (TPSA) is 42.0 Å². The van der Waals surface area contributed by atoms with Gasteiger partial charge in [0.2, 0.25) is 0 Å². The number of hydrogen-bond donors (Lipinski definition) is 0. The van der Waals surface area contributed by atoms with Gasteiger partial charge in [-0.2, -0.15) is 0 Å². The molecule has 6 heteroatoms. The largest absolute Gasteiger partial charge is 0.456 e. The van der Waals surface area contributed by atoms with Crippen molar-refractivity contribution in [2.24, 2.45) is 0 Å². The Labute approximate surface area is 215 Å². The number of nitrogens with zero attached hydrogens (tertiary/aromatic N) is 2. The molecule has 1 spiro atoms. The molecule has 5 nitrogen and oxygen atoms in total. The van der Waals surface area contributed by atoms with Crippen LogP contribution in [0.15, 0.2) is 91.0 Å². The highest BCUT2D eigenvalue weighted by Crippen LogP contribution is 2.59. The minimum Gasteiger partial charge on any atom is -0.456 e. The number of rotatable bonds is 5. The molecule has 1 atom stereocenters. The second-order valence-corrected chi connectivity index (χ2v) is 9.18. The Balaban J connectivity index is 1.59. The highest BCUT2D eigenvalue weighted by atomic mass is 35.5. The molecule has 0 aliphatic carbocycles. The first-order valence-electron chi connectivity index (χ1n) is 12.1. The fourth-order valence-electron chi connectivity index (χ4n) is 5.36. The van der Waals surface area contributed by atoms with Crippen molar-refractivity contribution >= 4 is 34.8 Å². The summed E-state index contributed by atoms with van der Waals surface area (Å²) in [6.07, 6.45) is 0. The van der Waals surface area contributed by atoms with Crippen molar-refractivity contribution < 1.29 is 14.3 Å². The maximum Gasteiger partial charge on any atom is 0.340 e. The molecule has 0 aromatic heterocycles.